The Labute approximate surface area is 190 Å². The molecule has 6 aliphatic rings. The maximum atomic E-state index is 12.8. The smallest absolute Gasteiger partial charge is 0.335 e. The molecule has 6 heterocycles. The van der Waals surface area contributed by atoms with Crippen LogP contribution in [0.3, 0.4) is 0 Å². The molecule has 6 saturated heterocycles. The highest BCUT2D eigenvalue weighted by Gasteiger charge is 3.03. The van der Waals surface area contributed by atoms with Crippen LogP contribution >= 0.6 is 0 Å². The first-order valence-corrected chi connectivity index (χ1v) is 12.5. The molecule has 6 aliphatic heterocycles. The molecule has 0 aromatic rings. The lowest BCUT2D eigenvalue weighted by Gasteiger charge is -2.68. The van der Waals surface area contributed by atoms with E-state index in [1.807, 2.05) is 0 Å². The van der Waals surface area contributed by atoms with Crippen molar-refractivity contribution in [1.29, 1.82) is 0 Å². The Kier molecular flexibility index (Phi) is 4.53. The molecule has 16 nitrogen and oxygen atoms in total. The number of fused-ring (bicyclic) bond motifs is 3. The van der Waals surface area contributed by atoms with Gasteiger partial charge in [-0.05, 0) is 12.8 Å². The zero-order chi connectivity index (χ0) is 25.9. The third-order valence-electron chi connectivity index (χ3n) is 7.33. The molecular formula is C16H16N2O14S2. The normalized spacial score (nSPS) is 36.5. The minimum absolute atomic E-state index is 0.0909. The Balaban J connectivity index is 2.08. The summed E-state index contributed by atoms with van der Waals surface area (Å²) in [5.41, 5.74) is -6.54. The third-order valence-corrected chi connectivity index (χ3v) is 10.4. The van der Waals surface area contributed by atoms with Gasteiger partial charge in [-0.25, -0.2) is 4.79 Å². The van der Waals surface area contributed by atoms with Crippen LogP contribution < -0.4 is 0 Å². The van der Waals surface area contributed by atoms with E-state index in [0.29, 0.717) is 0 Å². The average molecular weight is 524 g/mol. The zero-order valence-corrected chi connectivity index (χ0v) is 18.5. The number of carboxylic acid groups (broad SMARTS) is 2. The summed E-state index contributed by atoms with van der Waals surface area (Å²) in [6.07, 6.45) is -4.93. The lowest BCUT2D eigenvalue weighted by atomic mass is 9.53. The first kappa shape index (κ1) is 24.2. The molecule has 34 heavy (non-hydrogen) atoms. The Bertz CT molecular complexity index is 1340. The van der Waals surface area contributed by atoms with Crippen molar-refractivity contribution < 1.29 is 64.9 Å². The quantitative estimate of drug-likeness (QED) is 0.101. The van der Waals surface area contributed by atoms with Gasteiger partial charge in [0.15, 0.2) is 0 Å². The number of amides is 4. The first-order chi connectivity index (χ1) is 15.4. The molecule has 0 aromatic carbocycles. The fourth-order valence-corrected chi connectivity index (χ4v) is 9.01. The number of aliphatic carboxylic acids is 2. The van der Waals surface area contributed by atoms with E-state index in [-0.39, 0.29) is 16.2 Å². The van der Waals surface area contributed by atoms with Gasteiger partial charge in [0.25, 0.3) is 32.1 Å². The largest absolute Gasteiger partial charge is 0.481 e. The average Bonchev–Trinajstić information content (AvgIpc) is 3.31. The van der Waals surface area contributed by atoms with Gasteiger partial charge in [0, 0.05) is 6.42 Å². The van der Waals surface area contributed by atoms with Gasteiger partial charge in [-0.2, -0.15) is 16.8 Å². The van der Waals surface area contributed by atoms with Gasteiger partial charge >= 0.3 is 11.9 Å². The molecule has 186 valence electrons. The summed E-state index contributed by atoms with van der Waals surface area (Å²) in [6, 6.07) is 0. The van der Waals surface area contributed by atoms with E-state index in [1.54, 1.807) is 0 Å². The number of nitrogens with zero attached hydrogens (tertiary/aromatic N) is 2. The number of rotatable bonds is 9. The van der Waals surface area contributed by atoms with Crippen LogP contribution in [-0.2, 0) is 49.0 Å². The predicted molar refractivity (Wildman–Crippen MR) is 101 cm³/mol. The number of carbonyl (C=O) groups excluding carboxylic acids is 4. The summed E-state index contributed by atoms with van der Waals surface area (Å²) in [4.78, 5) is 74.3. The molecule has 0 aliphatic carbocycles. The first-order valence-electron chi connectivity index (χ1n) is 9.57. The fraction of sp³-hybridized carbons (Fsp3) is 0.625. The highest BCUT2D eigenvalue weighted by Crippen LogP contribution is 2.72. The van der Waals surface area contributed by atoms with Crippen molar-refractivity contribution in [3.8, 4) is 0 Å². The molecule has 0 saturated carbocycles. The molecule has 4 N–H and O–H groups in total. The molecule has 4 bridgehead atoms. The van der Waals surface area contributed by atoms with Crippen molar-refractivity contribution in [2.45, 2.75) is 59.1 Å². The molecule has 18 heteroatoms. The zero-order valence-electron chi connectivity index (χ0n) is 16.8. The van der Waals surface area contributed by atoms with Gasteiger partial charge < -0.3 is 10.2 Å². The van der Waals surface area contributed by atoms with E-state index in [4.69, 9.17) is 5.11 Å². The van der Waals surface area contributed by atoms with E-state index in [0.717, 1.165) is 0 Å². The molecule has 4 atom stereocenters. The van der Waals surface area contributed by atoms with Crippen molar-refractivity contribution in [3.63, 3.8) is 0 Å². The minimum Gasteiger partial charge on any atom is -0.481 e. The van der Waals surface area contributed by atoms with Crippen molar-refractivity contribution in [2.24, 2.45) is 0 Å². The van der Waals surface area contributed by atoms with Gasteiger partial charge in [0.1, 0.15) is 5.54 Å². The Morgan fingerprint density at radius 1 is 0.794 bits per heavy atom. The molecule has 0 radical (unpaired) electrons. The number of imide groups is 2. The summed E-state index contributed by atoms with van der Waals surface area (Å²) in [5.74, 6) is -9.72. The van der Waals surface area contributed by atoms with Crippen LogP contribution in [0.2, 0.25) is 0 Å². The van der Waals surface area contributed by atoms with Crippen molar-refractivity contribution in [3.05, 3.63) is 0 Å². The molecule has 6 fully saturated rings. The fourth-order valence-electron chi connectivity index (χ4n) is 6.28. The van der Waals surface area contributed by atoms with Crippen LogP contribution in [-0.4, -0.2) is 102 Å². The topological polar surface area (TPSA) is 258 Å². The van der Waals surface area contributed by atoms with E-state index in [9.17, 15) is 59.8 Å². The van der Waals surface area contributed by atoms with E-state index in [2.05, 4.69) is 0 Å². The van der Waals surface area contributed by atoms with Crippen LogP contribution in [0.5, 0.6) is 0 Å². The van der Waals surface area contributed by atoms with Crippen LogP contribution in [0.1, 0.15) is 38.5 Å². The number of hydrogen-bond acceptors (Lipinski definition) is 10. The second-order valence-electron chi connectivity index (χ2n) is 8.50. The number of hydrogen-bond donors (Lipinski definition) is 4. The second-order valence-corrected chi connectivity index (χ2v) is 11.8. The van der Waals surface area contributed by atoms with Crippen LogP contribution in [0.25, 0.3) is 0 Å². The molecule has 4 amide bonds. The van der Waals surface area contributed by atoms with Gasteiger partial charge in [-0.15, -0.1) is 0 Å². The number of unbranched alkanes of at least 4 members (excludes halogenated alkanes) is 1. The van der Waals surface area contributed by atoms with E-state index >= 15 is 0 Å². The van der Waals surface area contributed by atoms with Crippen LogP contribution in [0.15, 0.2) is 0 Å². The van der Waals surface area contributed by atoms with Crippen LogP contribution in [0, 0.1) is 0 Å². The minimum atomic E-state index is -5.81. The highest BCUT2D eigenvalue weighted by molar-refractivity contribution is 7.89. The molecular weight excluding hydrogens is 508 g/mol. The summed E-state index contributed by atoms with van der Waals surface area (Å²) in [5, 5.41) is 19.1. The van der Waals surface area contributed by atoms with Crippen molar-refractivity contribution in [2.75, 3.05) is 0 Å². The Morgan fingerprint density at radius 3 is 1.68 bits per heavy atom. The van der Waals surface area contributed by atoms with Gasteiger partial charge in [-0.3, -0.25) is 42.9 Å². The monoisotopic (exact) mass is 524 g/mol. The standard InChI is InChI=1S/C16H16N2O14S2/c19-7-5-13(33(27,28)29)10(23)17(7)15(13,4-2-1-3-9(21)22)16(12(25)26)14(34(30,31)32)6-8(20)18(16)11(14)24/h1-6H2,(H,21,22)(H,25,26)(H,27,28,29)(H,30,31,32). The van der Waals surface area contributed by atoms with Crippen molar-refractivity contribution in [1.82, 2.24) is 9.80 Å². The van der Waals surface area contributed by atoms with Gasteiger partial charge in [0.2, 0.25) is 26.8 Å². The summed E-state index contributed by atoms with van der Waals surface area (Å²) in [6.45, 7) is 0. The van der Waals surface area contributed by atoms with Gasteiger partial charge in [-0.1, -0.05) is 6.42 Å². The Morgan fingerprint density at radius 2 is 1.26 bits per heavy atom. The summed E-state index contributed by atoms with van der Waals surface area (Å²) < 4.78 is 63.2. The third kappa shape index (κ3) is 2.03. The Hall–Kier alpha value is -2.96. The lowest BCUT2D eigenvalue weighted by molar-refractivity contribution is -0.210. The summed E-state index contributed by atoms with van der Waals surface area (Å²) >= 11 is 0. The molecule has 0 aromatic heterocycles. The predicted octanol–water partition coefficient (Wildman–Crippen LogP) is -3.01. The maximum Gasteiger partial charge on any atom is 0.335 e. The number of β-lactam (4-membered cyclic amide) rings is 2. The van der Waals surface area contributed by atoms with Gasteiger partial charge in [0.05, 0.1) is 12.8 Å². The molecule has 0 spiro atoms. The molecule has 6 rings (SSSR count). The van der Waals surface area contributed by atoms with E-state index < -0.39 is 108 Å². The molecule has 4 unspecified atom stereocenters. The highest BCUT2D eigenvalue weighted by atomic mass is 32.2. The maximum absolute atomic E-state index is 12.8. The SMILES string of the molecule is O=C(O)CCCCC1(C2(C(=O)O)N3C(=O)CC2(S(=O)(=O)O)C3=O)N2C(=O)CC1(S(=O)(=O)O)C2=O. The number of carbonyl (C=O) groups is 6. The van der Waals surface area contributed by atoms with E-state index in [1.165, 1.54) is 0 Å². The number of carboxylic acids is 2. The lowest BCUT2D eigenvalue weighted by Crippen LogP contribution is -2.99. The van der Waals surface area contributed by atoms with Crippen LogP contribution in [0.4, 0.5) is 0 Å². The summed E-state index contributed by atoms with van der Waals surface area (Å²) in [7, 11) is -11.5. The second kappa shape index (κ2) is 6.37. The van der Waals surface area contributed by atoms with Crippen molar-refractivity contribution >= 4 is 55.8 Å².